The van der Waals surface area contributed by atoms with Gasteiger partial charge < -0.3 is 0 Å². The van der Waals surface area contributed by atoms with Crippen LogP contribution >= 0.6 is 0 Å². The number of alkyl halides is 5. The van der Waals surface area contributed by atoms with E-state index < -0.39 is 35.8 Å². The van der Waals surface area contributed by atoms with E-state index in [0.717, 1.165) is 6.20 Å². The second-order valence-electron chi connectivity index (χ2n) is 2.86. The van der Waals surface area contributed by atoms with Gasteiger partial charge in [0.1, 0.15) is 0 Å². The van der Waals surface area contributed by atoms with Gasteiger partial charge in [-0.3, -0.25) is 4.98 Å². The normalized spacial score (nSPS) is 11.6. The van der Waals surface area contributed by atoms with Gasteiger partial charge in [-0.25, -0.2) is 8.78 Å². The fourth-order valence-electron chi connectivity index (χ4n) is 1.24. The molecule has 0 N–H and O–H groups in total. The minimum absolute atomic E-state index is 0.606. The molecule has 1 rings (SSSR count). The highest BCUT2D eigenvalue weighted by Gasteiger charge is 2.38. The monoisotopic (exact) mass is 236 g/mol. The summed E-state index contributed by atoms with van der Waals surface area (Å²) in [6.45, 7) is 0. The third-order valence-electron chi connectivity index (χ3n) is 1.83. The van der Waals surface area contributed by atoms with Gasteiger partial charge >= 0.3 is 6.18 Å². The van der Waals surface area contributed by atoms with Crippen molar-refractivity contribution in [1.82, 2.24) is 4.98 Å². The summed E-state index contributed by atoms with van der Waals surface area (Å²) in [5, 5.41) is 8.29. The molecule has 0 radical (unpaired) electrons. The van der Waals surface area contributed by atoms with Crippen LogP contribution in [0.5, 0.6) is 0 Å². The van der Waals surface area contributed by atoms with Crippen molar-refractivity contribution in [1.29, 1.82) is 5.26 Å². The largest absolute Gasteiger partial charge is 0.418 e. The van der Waals surface area contributed by atoms with Crippen molar-refractivity contribution in [3.63, 3.8) is 0 Å². The predicted octanol–water partition coefficient (Wildman–Crippen LogP) is 3.10. The molecule has 0 amide bonds. The molecule has 0 saturated heterocycles. The lowest BCUT2D eigenvalue weighted by Gasteiger charge is -2.14. The maximum atomic E-state index is 12.5. The zero-order valence-corrected chi connectivity index (χ0v) is 7.72. The minimum atomic E-state index is -4.94. The molecule has 1 aromatic heterocycles. The molecule has 86 valence electrons. The smallest absolute Gasteiger partial charge is 0.260 e. The highest BCUT2D eigenvalue weighted by molar-refractivity contribution is 5.35. The van der Waals surface area contributed by atoms with Crippen LogP contribution in [-0.2, 0) is 12.6 Å². The van der Waals surface area contributed by atoms with Gasteiger partial charge in [0.2, 0.25) is 0 Å². The van der Waals surface area contributed by atoms with Crippen molar-refractivity contribution >= 4 is 0 Å². The highest BCUT2D eigenvalue weighted by Crippen LogP contribution is 2.37. The van der Waals surface area contributed by atoms with E-state index in [2.05, 4.69) is 4.98 Å². The first-order valence-corrected chi connectivity index (χ1v) is 4.08. The predicted molar refractivity (Wildman–Crippen MR) is 43.5 cm³/mol. The zero-order chi connectivity index (χ0) is 12.3. The molecule has 16 heavy (non-hydrogen) atoms. The summed E-state index contributed by atoms with van der Waals surface area (Å²) in [5.41, 5.74) is -3.33. The summed E-state index contributed by atoms with van der Waals surface area (Å²) >= 11 is 0. The number of halogens is 5. The Morgan fingerprint density at radius 2 is 2.00 bits per heavy atom. The first-order valence-electron chi connectivity index (χ1n) is 4.08. The van der Waals surface area contributed by atoms with Crippen LogP contribution < -0.4 is 0 Å². The zero-order valence-electron chi connectivity index (χ0n) is 7.72. The van der Waals surface area contributed by atoms with E-state index in [1.54, 1.807) is 0 Å². The number of pyridine rings is 1. The Hall–Kier alpha value is -1.71. The second kappa shape index (κ2) is 4.43. The van der Waals surface area contributed by atoms with Gasteiger partial charge in [-0.2, -0.15) is 18.4 Å². The van der Waals surface area contributed by atoms with Gasteiger partial charge in [0.25, 0.3) is 6.43 Å². The van der Waals surface area contributed by atoms with Gasteiger partial charge in [0, 0.05) is 11.8 Å². The summed E-state index contributed by atoms with van der Waals surface area (Å²) in [7, 11) is 0. The maximum Gasteiger partial charge on any atom is 0.418 e. The van der Waals surface area contributed by atoms with E-state index in [9.17, 15) is 22.0 Å². The number of aromatic nitrogens is 1. The summed E-state index contributed by atoms with van der Waals surface area (Å²) in [6.07, 6.45) is -8.01. The van der Waals surface area contributed by atoms with E-state index in [1.165, 1.54) is 6.07 Å². The van der Waals surface area contributed by atoms with Crippen LogP contribution in [-0.4, -0.2) is 4.98 Å². The van der Waals surface area contributed by atoms with Crippen molar-refractivity contribution in [2.75, 3.05) is 0 Å². The number of nitriles is 1. The van der Waals surface area contributed by atoms with E-state index in [-0.39, 0.29) is 0 Å². The Morgan fingerprint density at radius 3 is 2.44 bits per heavy atom. The van der Waals surface area contributed by atoms with Crippen molar-refractivity contribution in [2.24, 2.45) is 0 Å². The molecular weight excluding hydrogens is 231 g/mol. The molecule has 0 spiro atoms. The number of nitrogens with zero attached hydrogens (tertiary/aromatic N) is 2. The molecule has 0 aromatic carbocycles. The van der Waals surface area contributed by atoms with Crippen molar-refractivity contribution in [2.45, 2.75) is 19.0 Å². The molecule has 0 aliphatic carbocycles. The Balaban J connectivity index is 3.42. The van der Waals surface area contributed by atoms with E-state index in [1.807, 2.05) is 0 Å². The van der Waals surface area contributed by atoms with E-state index >= 15 is 0 Å². The molecule has 0 unspecified atom stereocenters. The van der Waals surface area contributed by atoms with Crippen molar-refractivity contribution < 1.29 is 22.0 Å². The van der Waals surface area contributed by atoms with Crippen LogP contribution in [0.3, 0.4) is 0 Å². The molecule has 0 fully saturated rings. The lowest BCUT2D eigenvalue weighted by atomic mass is 10.0. The Morgan fingerprint density at radius 1 is 1.38 bits per heavy atom. The van der Waals surface area contributed by atoms with Gasteiger partial charge in [0.15, 0.2) is 0 Å². The van der Waals surface area contributed by atoms with Gasteiger partial charge in [0.05, 0.1) is 23.7 Å². The Bertz CT molecular complexity index is 419. The van der Waals surface area contributed by atoms with Crippen LogP contribution in [0.4, 0.5) is 22.0 Å². The fourth-order valence-corrected chi connectivity index (χ4v) is 1.24. The third kappa shape index (κ3) is 2.45. The number of rotatable bonds is 2. The summed E-state index contributed by atoms with van der Waals surface area (Å²) < 4.78 is 62.3. The molecule has 1 heterocycles. The van der Waals surface area contributed by atoms with E-state index in [4.69, 9.17) is 5.26 Å². The molecule has 0 aliphatic rings. The Kier molecular flexibility index (Phi) is 3.42. The molecule has 2 nitrogen and oxygen atoms in total. The SMILES string of the molecule is N#CCc1nccc(C(F)F)c1C(F)(F)F. The molecule has 0 atom stereocenters. The second-order valence-corrected chi connectivity index (χ2v) is 2.86. The summed E-state index contributed by atoms with van der Waals surface area (Å²) in [5.74, 6) is 0. The van der Waals surface area contributed by atoms with Gasteiger partial charge in [-0.1, -0.05) is 0 Å². The average Bonchev–Trinajstić information content (AvgIpc) is 2.16. The molecular formula is C9H5F5N2. The first kappa shape index (κ1) is 12.4. The van der Waals surface area contributed by atoms with Crippen LogP contribution in [0, 0.1) is 11.3 Å². The molecule has 0 bridgehead atoms. The topological polar surface area (TPSA) is 36.7 Å². The molecule has 0 aliphatic heterocycles. The summed E-state index contributed by atoms with van der Waals surface area (Å²) in [6, 6.07) is 2.06. The minimum Gasteiger partial charge on any atom is -0.260 e. The van der Waals surface area contributed by atoms with Crippen LogP contribution in [0.25, 0.3) is 0 Å². The fraction of sp³-hybridized carbons (Fsp3) is 0.333. The molecule has 7 heteroatoms. The first-order chi connectivity index (χ1) is 7.38. The van der Waals surface area contributed by atoms with Crippen LogP contribution in [0.1, 0.15) is 23.2 Å². The maximum absolute atomic E-state index is 12.5. The van der Waals surface area contributed by atoms with E-state index in [0.29, 0.717) is 6.07 Å². The lowest BCUT2D eigenvalue weighted by molar-refractivity contribution is -0.140. The number of hydrogen-bond donors (Lipinski definition) is 0. The Labute approximate surface area is 87.3 Å². The highest BCUT2D eigenvalue weighted by atomic mass is 19.4. The van der Waals surface area contributed by atoms with Crippen molar-refractivity contribution in [3.05, 3.63) is 29.1 Å². The number of hydrogen-bond acceptors (Lipinski definition) is 2. The quantitative estimate of drug-likeness (QED) is 0.740. The molecule has 0 saturated carbocycles. The lowest BCUT2D eigenvalue weighted by Crippen LogP contribution is -2.14. The van der Waals surface area contributed by atoms with Crippen LogP contribution in [0.2, 0.25) is 0 Å². The van der Waals surface area contributed by atoms with Gasteiger partial charge in [-0.05, 0) is 6.07 Å². The third-order valence-corrected chi connectivity index (χ3v) is 1.83. The average molecular weight is 236 g/mol. The molecule has 1 aromatic rings. The summed E-state index contributed by atoms with van der Waals surface area (Å²) in [4.78, 5) is 3.30. The van der Waals surface area contributed by atoms with Crippen LogP contribution in [0.15, 0.2) is 12.3 Å². The van der Waals surface area contributed by atoms with Crippen molar-refractivity contribution in [3.8, 4) is 6.07 Å². The standard InChI is InChI=1S/C9H5F5N2/c10-8(11)5-2-4-16-6(1-3-15)7(5)9(12,13)14/h2,4,8H,1H2. The van der Waals surface area contributed by atoms with Gasteiger partial charge in [-0.15, -0.1) is 0 Å².